The molecule has 1 aromatic carbocycles. The summed E-state index contributed by atoms with van der Waals surface area (Å²) in [5.41, 5.74) is 1.79. The predicted octanol–water partition coefficient (Wildman–Crippen LogP) is 3.05. The molecule has 0 aliphatic rings. The van der Waals surface area contributed by atoms with Gasteiger partial charge in [0.15, 0.2) is 0 Å². The number of benzene rings is 1. The van der Waals surface area contributed by atoms with E-state index in [9.17, 15) is 9.18 Å². The van der Waals surface area contributed by atoms with Crippen LogP contribution in [-0.4, -0.2) is 21.9 Å². The summed E-state index contributed by atoms with van der Waals surface area (Å²) in [5, 5.41) is 2.81. The summed E-state index contributed by atoms with van der Waals surface area (Å²) < 4.78 is 20.2. The van der Waals surface area contributed by atoms with E-state index in [4.69, 9.17) is 4.74 Å². The zero-order chi connectivity index (χ0) is 16.2. The standard InChI is InChI=1S/C17H16FN3O2/c1-2-23-15-6-4-3-5-14(15)20-17(22)9-13-11-21-10-12(18)7-8-16(21)19-13/h3-8,10-11H,2,9H2,1H3,(H,20,22). The Morgan fingerprint density at radius 1 is 1.26 bits per heavy atom. The second-order valence-electron chi connectivity index (χ2n) is 5.00. The molecule has 23 heavy (non-hydrogen) atoms. The summed E-state index contributed by atoms with van der Waals surface area (Å²) in [6.45, 7) is 2.40. The number of nitrogens with zero attached hydrogens (tertiary/aromatic N) is 2. The first-order valence-electron chi connectivity index (χ1n) is 7.30. The lowest BCUT2D eigenvalue weighted by molar-refractivity contribution is -0.115. The molecule has 0 atom stereocenters. The molecule has 0 spiro atoms. The van der Waals surface area contributed by atoms with Gasteiger partial charge in [-0.3, -0.25) is 4.79 Å². The first-order valence-corrected chi connectivity index (χ1v) is 7.30. The van der Waals surface area contributed by atoms with Gasteiger partial charge in [-0.15, -0.1) is 0 Å². The van der Waals surface area contributed by atoms with Crippen LogP contribution >= 0.6 is 0 Å². The van der Waals surface area contributed by atoms with Crippen molar-refractivity contribution in [3.8, 4) is 5.75 Å². The molecule has 0 radical (unpaired) electrons. The van der Waals surface area contributed by atoms with Gasteiger partial charge in [0, 0.05) is 12.4 Å². The fraction of sp³-hybridized carbons (Fsp3) is 0.176. The number of aromatic nitrogens is 2. The maximum atomic E-state index is 13.2. The Morgan fingerprint density at radius 3 is 2.91 bits per heavy atom. The number of imidazole rings is 1. The molecule has 3 aromatic rings. The molecular weight excluding hydrogens is 297 g/mol. The zero-order valence-electron chi connectivity index (χ0n) is 12.6. The molecule has 2 aromatic heterocycles. The number of ether oxygens (including phenoxy) is 1. The lowest BCUT2D eigenvalue weighted by Gasteiger charge is -2.10. The van der Waals surface area contributed by atoms with E-state index in [2.05, 4.69) is 10.3 Å². The third kappa shape index (κ3) is 3.48. The van der Waals surface area contributed by atoms with Crippen LogP contribution in [0.15, 0.2) is 48.8 Å². The van der Waals surface area contributed by atoms with Gasteiger partial charge in [0.2, 0.25) is 5.91 Å². The fourth-order valence-electron chi connectivity index (χ4n) is 2.31. The lowest BCUT2D eigenvalue weighted by atomic mass is 10.2. The highest BCUT2D eigenvalue weighted by Gasteiger charge is 2.11. The Bertz CT molecular complexity index is 845. The van der Waals surface area contributed by atoms with Crippen LogP contribution in [0.25, 0.3) is 5.65 Å². The van der Waals surface area contributed by atoms with Crippen molar-refractivity contribution in [3.05, 3.63) is 60.3 Å². The van der Waals surface area contributed by atoms with Crippen molar-refractivity contribution < 1.29 is 13.9 Å². The van der Waals surface area contributed by atoms with E-state index in [1.165, 1.54) is 12.3 Å². The first-order chi connectivity index (χ1) is 11.2. The summed E-state index contributed by atoms with van der Waals surface area (Å²) in [7, 11) is 0. The van der Waals surface area contributed by atoms with Crippen molar-refractivity contribution in [1.29, 1.82) is 0 Å². The van der Waals surface area contributed by atoms with Crippen LogP contribution < -0.4 is 10.1 Å². The van der Waals surface area contributed by atoms with E-state index in [1.54, 1.807) is 28.8 Å². The molecule has 3 rings (SSSR count). The topological polar surface area (TPSA) is 55.6 Å². The van der Waals surface area contributed by atoms with E-state index in [0.717, 1.165) is 0 Å². The minimum atomic E-state index is -0.350. The van der Waals surface area contributed by atoms with Crippen molar-refractivity contribution >= 4 is 17.2 Å². The van der Waals surface area contributed by atoms with Crippen LogP contribution in [0.4, 0.5) is 10.1 Å². The van der Waals surface area contributed by atoms with E-state index >= 15 is 0 Å². The monoisotopic (exact) mass is 313 g/mol. The molecule has 2 heterocycles. The Balaban J connectivity index is 1.73. The van der Waals surface area contributed by atoms with E-state index in [-0.39, 0.29) is 18.1 Å². The number of carbonyl (C=O) groups is 1. The fourth-order valence-corrected chi connectivity index (χ4v) is 2.31. The average molecular weight is 313 g/mol. The number of hydrogen-bond donors (Lipinski definition) is 1. The third-order valence-electron chi connectivity index (χ3n) is 3.27. The molecule has 1 amide bonds. The highest BCUT2D eigenvalue weighted by Crippen LogP contribution is 2.23. The quantitative estimate of drug-likeness (QED) is 0.787. The summed E-state index contributed by atoms with van der Waals surface area (Å²) in [5.74, 6) is 0.0676. The molecule has 0 bridgehead atoms. The minimum absolute atomic E-state index is 0.101. The van der Waals surface area contributed by atoms with Crippen LogP contribution in [0.2, 0.25) is 0 Å². The average Bonchev–Trinajstić information content (AvgIpc) is 2.90. The first kappa shape index (κ1) is 15.0. The smallest absolute Gasteiger partial charge is 0.230 e. The molecule has 0 aliphatic heterocycles. The number of para-hydroxylation sites is 2. The van der Waals surface area contributed by atoms with Crippen molar-refractivity contribution in [2.45, 2.75) is 13.3 Å². The summed E-state index contributed by atoms with van der Waals surface area (Å²) in [6.07, 6.45) is 3.07. The van der Waals surface area contributed by atoms with Crippen LogP contribution in [0.1, 0.15) is 12.6 Å². The number of amides is 1. The Labute approximate surface area is 132 Å². The van der Waals surface area contributed by atoms with Gasteiger partial charge in [-0.25, -0.2) is 9.37 Å². The highest BCUT2D eigenvalue weighted by molar-refractivity contribution is 5.93. The molecule has 1 N–H and O–H groups in total. The van der Waals surface area contributed by atoms with Crippen molar-refractivity contribution in [2.24, 2.45) is 0 Å². The zero-order valence-corrected chi connectivity index (χ0v) is 12.6. The van der Waals surface area contributed by atoms with Gasteiger partial charge in [0.05, 0.1) is 24.4 Å². The molecule has 118 valence electrons. The number of hydrogen-bond acceptors (Lipinski definition) is 3. The molecule has 0 fully saturated rings. The van der Waals surface area contributed by atoms with Crippen molar-refractivity contribution in [2.75, 3.05) is 11.9 Å². The third-order valence-corrected chi connectivity index (χ3v) is 3.27. The normalized spacial score (nSPS) is 10.7. The summed E-state index contributed by atoms with van der Waals surface area (Å²) >= 11 is 0. The highest BCUT2D eigenvalue weighted by atomic mass is 19.1. The minimum Gasteiger partial charge on any atom is -0.492 e. The van der Waals surface area contributed by atoms with Gasteiger partial charge in [0.1, 0.15) is 17.2 Å². The second kappa shape index (κ2) is 6.48. The van der Waals surface area contributed by atoms with E-state index in [1.807, 2.05) is 19.1 Å². The maximum absolute atomic E-state index is 13.2. The van der Waals surface area contributed by atoms with E-state index < -0.39 is 0 Å². The number of halogens is 1. The largest absolute Gasteiger partial charge is 0.492 e. The molecule has 0 saturated carbocycles. The van der Waals surface area contributed by atoms with Gasteiger partial charge in [-0.1, -0.05) is 12.1 Å². The SMILES string of the molecule is CCOc1ccccc1NC(=O)Cc1cn2cc(F)ccc2n1. The van der Waals surface area contributed by atoms with Gasteiger partial charge >= 0.3 is 0 Å². The van der Waals surface area contributed by atoms with Crippen LogP contribution in [0, 0.1) is 5.82 Å². The van der Waals surface area contributed by atoms with Gasteiger partial charge in [0.25, 0.3) is 0 Å². The Morgan fingerprint density at radius 2 is 2.09 bits per heavy atom. The number of pyridine rings is 1. The van der Waals surface area contributed by atoms with Crippen LogP contribution in [0.5, 0.6) is 5.75 Å². The van der Waals surface area contributed by atoms with Crippen molar-refractivity contribution in [1.82, 2.24) is 9.38 Å². The predicted molar refractivity (Wildman–Crippen MR) is 85.1 cm³/mol. The van der Waals surface area contributed by atoms with Gasteiger partial charge < -0.3 is 14.5 Å². The number of fused-ring (bicyclic) bond motifs is 1. The van der Waals surface area contributed by atoms with Crippen LogP contribution in [-0.2, 0) is 11.2 Å². The molecular formula is C17H16FN3O2. The molecule has 0 unspecified atom stereocenters. The van der Waals surface area contributed by atoms with Crippen LogP contribution in [0.3, 0.4) is 0 Å². The molecule has 5 nitrogen and oxygen atoms in total. The Kier molecular flexibility index (Phi) is 4.23. The summed E-state index contributed by atoms with van der Waals surface area (Å²) in [4.78, 5) is 16.5. The van der Waals surface area contributed by atoms with Crippen molar-refractivity contribution in [3.63, 3.8) is 0 Å². The number of nitrogens with one attached hydrogen (secondary N) is 1. The molecule has 0 aliphatic carbocycles. The van der Waals surface area contributed by atoms with Gasteiger partial charge in [-0.2, -0.15) is 0 Å². The number of carbonyl (C=O) groups excluding carboxylic acids is 1. The second-order valence-corrected chi connectivity index (χ2v) is 5.00. The molecule has 6 heteroatoms. The number of anilines is 1. The maximum Gasteiger partial charge on any atom is 0.230 e. The van der Waals surface area contributed by atoms with E-state index in [0.29, 0.717) is 29.4 Å². The summed E-state index contributed by atoms with van der Waals surface area (Å²) in [6, 6.07) is 10.2. The lowest BCUT2D eigenvalue weighted by Crippen LogP contribution is -2.15. The van der Waals surface area contributed by atoms with Gasteiger partial charge in [-0.05, 0) is 31.2 Å². The Hall–Kier alpha value is -2.89. The number of rotatable bonds is 5. The molecule has 0 saturated heterocycles.